The quantitative estimate of drug-likeness (QED) is 0.533. The largest absolute Gasteiger partial charge is 0.489 e. The van der Waals surface area contributed by atoms with Gasteiger partial charge in [-0.2, -0.15) is 17.5 Å². The molecule has 0 unspecified atom stereocenters. The lowest BCUT2D eigenvalue weighted by atomic mass is 10.2. The summed E-state index contributed by atoms with van der Waals surface area (Å²) >= 11 is 0. The van der Waals surface area contributed by atoms with Gasteiger partial charge in [0, 0.05) is 32.4 Å². The molecule has 1 fully saturated rings. The van der Waals surface area contributed by atoms with Crippen LogP contribution in [-0.2, 0) is 22.8 Å². The first kappa shape index (κ1) is 23.1. The zero-order valence-corrected chi connectivity index (χ0v) is 18.4. The van der Waals surface area contributed by atoms with E-state index < -0.39 is 21.8 Å². The van der Waals surface area contributed by atoms with Crippen LogP contribution in [0, 0.1) is 0 Å². The van der Waals surface area contributed by atoms with Crippen LogP contribution in [-0.4, -0.2) is 43.9 Å². The summed E-state index contributed by atoms with van der Waals surface area (Å²) in [6.45, 7) is 0.697. The number of alkyl halides is 3. The maximum absolute atomic E-state index is 13.3. The van der Waals surface area contributed by atoms with Gasteiger partial charge in [0.2, 0.25) is 10.0 Å². The maximum Gasteiger partial charge on any atom is 0.419 e. The van der Waals surface area contributed by atoms with Crippen LogP contribution in [0.15, 0.2) is 77.8 Å². The van der Waals surface area contributed by atoms with E-state index in [1.165, 1.54) is 33.6 Å². The van der Waals surface area contributed by atoms with E-state index in [1.807, 2.05) is 30.3 Å². The highest BCUT2D eigenvalue weighted by molar-refractivity contribution is 7.89. The number of aromatic nitrogens is 1. The number of rotatable bonds is 6. The lowest BCUT2D eigenvalue weighted by Gasteiger charge is -2.35. The molecule has 1 saturated heterocycles. The lowest BCUT2D eigenvalue weighted by Crippen LogP contribution is -2.49. The van der Waals surface area contributed by atoms with E-state index in [9.17, 15) is 21.6 Å². The Morgan fingerprint density at radius 1 is 0.879 bits per heavy atom. The first-order valence-electron chi connectivity index (χ1n) is 10.3. The Hall–Kier alpha value is -3.11. The molecule has 0 radical (unpaired) electrons. The zero-order valence-electron chi connectivity index (χ0n) is 17.6. The van der Waals surface area contributed by atoms with E-state index >= 15 is 0 Å². The molecule has 0 amide bonds. The van der Waals surface area contributed by atoms with Crippen molar-refractivity contribution in [3.63, 3.8) is 0 Å². The standard InChI is InChI=1S/C23H22F3N3O3S/c24-23(25,26)21-7-4-12-27-22(21)28-13-15-29(16-14-28)33(30,31)20-10-8-19(9-11-20)32-17-18-5-2-1-3-6-18/h1-12H,13-17H2. The fourth-order valence-electron chi connectivity index (χ4n) is 3.61. The number of benzene rings is 2. The van der Waals surface area contributed by atoms with E-state index in [2.05, 4.69) is 4.98 Å². The zero-order chi connectivity index (χ0) is 23.5. The van der Waals surface area contributed by atoms with Gasteiger partial charge < -0.3 is 9.64 Å². The van der Waals surface area contributed by atoms with Crippen molar-refractivity contribution in [2.24, 2.45) is 0 Å². The Morgan fingerprint density at radius 2 is 1.55 bits per heavy atom. The average Bonchev–Trinajstić information content (AvgIpc) is 2.83. The third-order valence-electron chi connectivity index (χ3n) is 5.34. The van der Waals surface area contributed by atoms with Crippen molar-refractivity contribution in [1.29, 1.82) is 0 Å². The molecule has 0 N–H and O–H groups in total. The van der Waals surface area contributed by atoms with Crippen molar-refractivity contribution in [2.45, 2.75) is 17.7 Å². The van der Waals surface area contributed by atoms with Crippen molar-refractivity contribution in [3.8, 4) is 5.75 Å². The third kappa shape index (κ3) is 5.28. The second kappa shape index (κ2) is 9.40. The normalized spacial score (nSPS) is 15.4. The van der Waals surface area contributed by atoms with E-state index in [0.29, 0.717) is 12.4 Å². The Labute approximate surface area is 190 Å². The van der Waals surface area contributed by atoms with E-state index in [4.69, 9.17) is 4.74 Å². The summed E-state index contributed by atoms with van der Waals surface area (Å²) in [5.41, 5.74) is 0.168. The maximum atomic E-state index is 13.3. The van der Waals surface area contributed by atoms with Gasteiger partial charge in [-0.25, -0.2) is 13.4 Å². The first-order valence-corrected chi connectivity index (χ1v) is 11.7. The minimum absolute atomic E-state index is 0.0580. The summed E-state index contributed by atoms with van der Waals surface area (Å²) in [6, 6.07) is 17.9. The van der Waals surface area contributed by atoms with Crippen LogP contribution in [0.4, 0.5) is 19.0 Å². The van der Waals surface area contributed by atoms with Gasteiger partial charge in [-0.05, 0) is 42.0 Å². The van der Waals surface area contributed by atoms with Crippen molar-refractivity contribution in [3.05, 3.63) is 84.1 Å². The molecule has 0 atom stereocenters. The van der Waals surface area contributed by atoms with Crippen LogP contribution in [0.5, 0.6) is 5.75 Å². The number of nitrogens with zero attached hydrogens (tertiary/aromatic N) is 3. The van der Waals surface area contributed by atoms with Gasteiger partial charge in [0.15, 0.2) is 0 Å². The van der Waals surface area contributed by atoms with Gasteiger partial charge >= 0.3 is 6.18 Å². The molecule has 3 aromatic rings. The summed E-state index contributed by atoms with van der Waals surface area (Å²) < 4.78 is 72.9. The third-order valence-corrected chi connectivity index (χ3v) is 7.25. The van der Waals surface area contributed by atoms with Gasteiger partial charge in [0.1, 0.15) is 18.2 Å². The number of hydrogen-bond donors (Lipinski definition) is 0. The number of pyridine rings is 1. The summed E-state index contributed by atoms with van der Waals surface area (Å²) in [6.07, 6.45) is -3.23. The molecule has 1 aromatic heterocycles. The molecular formula is C23H22F3N3O3S. The molecule has 2 heterocycles. The molecule has 0 bridgehead atoms. The van der Waals surface area contributed by atoms with Crippen LogP contribution in [0.1, 0.15) is 11.1 Å². The van der Waals surface area contributed by atoms with Crippen molar-refractivity contribution >= 4 is 15.8 Å². The fraction of sp³-hybridized carbons (Fsp3) is 0.261. The SMILES string of the molecule is O=S(=O)(c1ccc(OCc2ccccc2)cc1)N1CCN(c2ncccc2C(F)(F)F)CC1. The highest BCUT2D eigenvalue weighted by atomic mass is 32.2. The van der Waals surface area contributed by atoms with Gasteiger partial charge in [-0.15, -0.1) is 0 Å². The van der Waals surface area contributed by atoms with E-state index in [-0.39, 0.29) is 36.9 Å². The lowest BCUT2D eigenvalue weighted by molar-refractivity contribution is -0.137. The van der Waals surface area contributed by atoms with Gasteiger partial charge in [0.05, 0.1) is 10.5 Å². The van der Waals surface area contributed by atoms with Crippen LogP contribution < -0.4 is 9.64 Å². The van der Waals surface area contributed by atoms with Crippen molar-refractivity contribution in [2.75, 3.05) is 31.1 Å². The molecule has 10 heteroatoms. The molecule has 6 nitrogen and oxygen atoms in total. The first-order chi connectivity index (χ1) is 15.7. The number of piperazine rings is 1. The number of sulfonamides is 1. The topological polar surface area (TPSA) is 62.7 Å². The molecule has 2 aromatic carbocycles. The molecule has 0 saturated carbocycles. The van der Waals surface area contributed by atoms with Gasteiger partial charge in [-0.3, -0.25) is 0 Å². The van der Waals surface area contributed by atoms with Gasteiger partial charge in [0.25, 0.3) is 0 Å². The predicted molar refractivity (Wildman–Crippen MR) is 117 cm³/mol. The molecule has 174 valence electrons. The number of ether oxygens (including phenoxy) is 1. The molecule has 33 heavy (non-hydrogen) atoms. The van der Waals surface area contributed by atoms with Gasteiger partial charge in [-0.1, -0.05) is 30.3 Å². The minimum Gasteiger partial charge on any atom is -0.489 e. The molecule has 0 aliphatic carbocycles. The average molecular weight is 478 g/mol. The number of anilines is 1. The Bertz CT molecular complexity index is 1180. The molecular weight excluding hydrogens is 455 g/mol. The van der Waals surface area contributed by atoms with Crippen molar-refractivity contribution in [1.82, 2.24) is 9.29 Å². The Kier molecular flexibility index (Phi) is 6.57. The van der Waals surface area contributed by atoms with Crippen LogP contribution >= 0.6 is 0 Å². The summed E-state index contributed by atoms with van der Waals surface area (Å²) in [4.78, 5) is 5.46. The predicted octanol–water partition coefficient (Wildman–Crippen LogP) is 4.19. The Morgan fingerprint density at radius 3 is 2.18 bits per heavy atom. The monoisotopic (exact) mass is 477 g/mol. The second-order valence-corrected chi connectivity index (χ2v) is 9.45. The minimum atomic E-state index is -4.53. The van der Waals surface area contributed by atoms with Crippen LogP contribution in [0.3, 0.4) is 0 Å². The van der Waals surface area contributed by atoms with Crippen molar-refractivity contribution < 1.29 is 26.3 Å². The van der Waals surface area contributed by atoms with E-state index in [0.717, 1.165) is 11.6 Å². The highest BCUT2D eigenvalue weighted by Gasteiger charge is 2.37. The molecule has 4 rings (SSSR count). The van der Waals surface area contributed by atoms with Crippen LogP contribution in [0.25, 0.3) is 0 Å². The fourth-order valence-corrected chi connectivity index (χ4v) is 5.03. The smallest absolute Gasteiger partial charge is 0.419 e. The summed E-state index contributed by atoms with van der Waals surface area (Å²) in [5.74, 6) is 0.361. The highest BCUT2D eigenvalue weighted by Crippen LogP contribution is 2.35. The van der Waals surface area contributed by atoms with E-state index in [1.54, 1.807) is 12.1 Å². The summed E-state index contributed by atoms with van der Waals surface area (Å²) in [5, 5.41) is 0. The number of hydrogen-bond acceptors (Lipinski definition) is 5. The molecule has 1 aliphatic rings. The Balaban J connectivity index is 1.40. The van der Waals surface area contributed by atoms with Crippen LogP contribution in [0.2, 0.25) is 0 Å². The summed E-state index contributed by atoms with van der Waals surface area (Å²) in [7, 11) is -3.78. The molecule has 1 aliphatic heterocycles. The number of halogens is 3. The molecule has 0 spiro atoms. The second-order valence-electron chi connectivity index (χ2n) is 7.51.